The molecule has 0 saturated heterocycles. The summed E-state index contributed by atoms with van der Waals surface area (Å²) in [4.78, 5) is 9.97. The number of furan rings is 1. The summed E-state index contributed by atoms with van der Waals surface area (Å²) in [6.07, 6.45) is 0. The van der Waals surface area contributed by atoms with Crippen LogP contribution < -0.4 is 10.1 Å². The maximum atomic E-state index is 10.5. The minimum absolute atomic E-state index is 0.102. The molecule has 0 aliphatic rings. The molecular formula is C14H16N2O4. The third-order valence-corrected chi connectivity index (χ3v) is 3.03. The molecule has 0 radical (unpaired) electrons. The molecule has 1 aromatic heterocycles. The Hall–Kier alpha value is -2.34. The van der Waals surface area contributed by atoms with Crippen molar-refractivity contribution in [1.29, 1.82) is 0 Å². The Morgan fingerprint density at radius 2 is 2.00 bits per heavy atom. The fourth-order valence-electron chi connectivity index (χ4n) is 1.82. The molecule has 2 aromatic rings. The van der Waals surface area contributed by atoms with E-state index in [0.29, 0.717) is 12.3 Å². The fourth-order valence-corrected chi connectivity index (χ4v) is 1.82. The Balaban J connectivity index is 1.93. The Kier molecular flexibility index (Phi) is 4.37. The van der Waals surface area contributed by atoms with Gasteiger partial charge in [0.15, 0.2) is 0 Å². The van der Waals surface area contributed by atoms with Crippen LogP contribution >= 0.6 is 0 Å². The summed E-state index contributed by atoms with van der Waals surface area (Å²) in [6, 6.07) is 10.8. The summed E-state index contributed by atoms with van der Waals surface area (Å²) < 4.78 is 10.2. The van der Waals surface area contributed by atoms with Crippen LogP contribution in [0, 0.1) is 10.1 Å². The third-order valence-electron chi connectivity index (χ3n) is 3.03. The van der Waals surface area contributed by atoms with Crippen molar-refractivity contribution in [3.63, 3.8) is 0 Å². The number of nitrogens with one attached hydrogen (secondary N) is 1. The van der Waals surface area contributed by atoms with Crippen LogP contribution in [0.3, 0.4) is 0 Å². The zero-order valence-electron chi connectivity index (χ0n) is 11.3. The van der Waals surface area contributed by atoms with Crippen molar-refractivity contribution in [2.24, 2.45) is 0 Å². The van der Waals surface area contributed by atoms with E-state index in [1.54, 1.807) is 13.2 Å². The quantitative estimate of drug-likeness (QED) is 0.648. The van der Waals surface area contributed by atoms with Gasteiger partial charge in [0.25, 0.3) is 0 Å². The highest BCUT2D eigenvalue weighted by Gasteiger charge is 2.12. The first-order valence-corrected chi connectivity index (χ1v) is 6.20. The molecule has 6 heteroatoms. The van der Waals surface area contributed by atoms with Crippen molar-refractivity contribution in [1.82, 2.24) is 5.32 Å². The fraction of sp³-hybridized carbons (Fsp3) is 0.286. The normalized spacial score (nSPS) is 12.1. The number of benzene rings is 1. The van der Waals surface area contributed by atoms with Gasteiger partial charge in [-0.05, 0) is 30.7 Å². The van der Waals surface area contributed by atoms with Crippen LogP contribution in [0.25, 0.3) is 0 Å². The van der Waals surface area contributed by atoms with Gasteiger partial charge in [0.05, 0.1) is 19.7 Å². The number of hydrogen-bond acceptors (Lipinski definition) is 5. The molecule has 0 bridgehead atoms. The summed E-state index contributed by atoms with van der Waals surface area (Å²) in [5.41, 5.74) is 1.10. The second-order valence-electron chi connectivity index (χ2n) is 4.37. The second-order valence-corrected chi connectivity index (χ2v) is 4.37. The molecule has 0 saturated carbocycles. The molecule has 0 aliphatic carbocycles. The van der Waals surface area contributed by atoms with Crippen LogP contribution in [0.4, 0.5) is 5.88 Å². The van der Waals surface area contributed by atoms with Gasteiger partial charge >= 0.3 is 5.88 Å². The van der Waals surface area contributed by atoms with Crippen molar-refractivity contribution in [3.05, 3.63) is 57.8 Å². The molecule has 1 aromatic carbocycles. The summed E-state index contributed by atoms with van der Waals surface area (Å²) in [6.45, 7) is 2.44. The average molecular weight is 276 g/mol. The van der Waals surface area contributed by atoms with Crippen LogP contribution in [0.5, 0.6) is 5.75 Å². The monoisotopic (exact) mass is 276 g/mol. The number of nitrogens with zero attached hydrogens (tertiary/aromatic N) is 1. The Morgan fingerprint density at radius 3 is 2.55 bits per heavy atom. The SMILES string of the molecule is COc1ccc([C@H](C)NCc2ccc([N+](=O)[O-])o2)cc1. The average Bonchev–Trinajstić information content (AvgIpc) is 2.94. The molecule has 1 atom stereocenters. The van der Waals surface area contributed by atoms with Crippen molar-refractivity contribution in [2.75, 3.05) is 7.11 Å². The van der Waals surface area contributed by atoms with Gasteiger partial charge in [-0.25, -0.2) is 0 Å². The molecule has 0 amide bonds. The molecule has 0 spiro atoms. The van der Waals surface area contributed by atoms with Crippen LogP contribution in [-0.2, 0) is 6.54 Å². The van der Waals surface area contributed by atoms with E-state index in [4.69, 9.17) is 9.15 Å². The number of ether oxygens (including phenoxy) is 1. The molecule has 1 N–H and O–H groups in total. The minimum Gasteiger partial charge on any atom is -0.497 e. The van der Waals surface area contributed by atoms with Crippen molar-refractivity contribution >= 4 is 5.88 Å². The van der Waals surface area contributed by atoms with Crippen molar-refractivity contribution < 1.29 is 14.1 Å². The van der Waals surface area contributed by atoms with Crippen LogP contribution in [-0.4, -0.2) is 12.0 Å². The van der Waals surface area contributed by atoms with Gasteiger partial charge < -0.3 is 14.5 Å². The second kappa shape index (κ2) is 6.21. The van der Waals surface area contributed by atoms with E-state index in [1.807, 2.05) is 31.2 Å². The summed E-state index contributed by atoms with van der Waals surface area (Å²) in [5.74, 6) is 1.11. The molecule has 106 valence electrons. The van der Waals surface area contributed by atoms with Gasteiger partial charge in [-0.15, -0.1) is 0 Å². The topological polar surface area (TPSA) is 77.5 Å². The number of methoxy groups -OCH3 is 1. The zero-order chi connectivity index (χ0) is 14.5. The van der Waals surface area contributed by atoms with Crippen molar-refractivity contribution in [3.8, 4) is 5.75 Å². The van der Waals surface area contributed by atoms with Crippen LogP contribution in [0.15, 0.2) is 40.8 Å². The lowest BCUT2D eigenvalue weighted by Crippen LogP contribution is -2.17. The first-order valence-electron chi connectivity index (χ1n) is 6.20. The van der Waals surface area contributed by atoms with Crippen molar-refractivity contribution in [2.45, 2.75) is 19.5 Å². The van der Waals surface area contributed by atoms with Gasteiger partial charge in [-0.2, -0.15) is 0 Å². The summed E-state index contributed by atoms with van der Waals surface area (Å²) >= 11 is 0. The Bertz CT molecular complexity index is 577. The van der Waals surface area contributed by atoms with E-state index >= 15 is 0 Å². The first kappa shape index (κ1) is 14.1. The zero-order valence-corrected chi connectivity index (χ0v) is 11.3. The Morgan fingerprint density at radius 1 is 1.30 bits per heavy atom. The number of hydrogen-bond donors (Lipinski definition) is 1. The van der Waals surface area contributed by atoms with Gasteiger partial charge in [-0.1, -0.05) is 12.1 Å². The van der Waals surface area contributed by atoms with E-state index in [-0.39, 0.29) is 11.9 Å². The highest BCUT2D eigenvalue weighted by Crippen LogP contribution is 2.19. The van der Waals surface area contributed by atoms with Crippen LogP contribution in [0.1, 0.15) is 24.3 Å². The molecule has 20 heavy (non-hydrogen) atoms. The van der Waals surface area contributed by atoms with E-state index in [0.717, 1.165) is 11.3 Å². The van der Waals surface area contributed by atoms with Gasteiger partial charge in [0.2, 0.25) is 0 Å². The minimum atomic E-state index is -0.545. The molecule has 1 heterocycles. The maximum absolute atomic E-state index is 10.5. The molecule has 0 aliphatic heterocycles. The highest BCUT2D eigenvalue weighted by molar-refractivity contribution is 5.28. The standard InChI is InChI=1S/C14H16N2O4/c1-10(11-3-5-12(19-2)6-4-11)15-9-13-7-8-14(20-13)16(17)18/h3-8,10,15H,9H2,1-2H3/t10-/m0/s1. The Labute approximate surface area is 116 Å². The summed E-state index contributed by atoms with van der Waals surface area (Å²) in [7, 11) is 1.63. The highest BCUT2D eigenvalue weighted by atomic mass is 16.6. The van der Waals surface area contributed by atoms with Gasteiger partial charge in [0, 0.05) is 6.04 Å². The first-order chi connectivity index (χ1) is 9.60. The van der Waals surface area contributed by atoms with E-state index < -0.39 is 4.92 Å². The van der Waals surface area contributed by atoms with Gasteiger partial charge in [-0.3, -0.25) is 10.1 Å². The molecule has 0 unspecified atom stereocenters. The third kappa shape index (κ3) is 3.36. The number of nitro groups is 1. The lowest BCUT2D eigenvalue weighted by Gasteiger charge is -2.13. The molecule has 6 nitrogen and oxygen atoms in total. The lowest BCUT2D eigenvalue weighted by atomic mass is 10.1. The molecular weight excluding hydrogens is 260 g/mol. The lowest BCUT2D eigenvalue weighted by molar-refractivity contribution is -0.402. The molecule has 0 fully saturated rings. The van der Waals surface area contributed by atoms with E-state index in [1.165, 1.54) is 6.07 Å². The van der Waals surface area contributed by atoms with E-state index in [9.17, 15) is 10.1 Å². The van der Waals surface area contributed by atoms with Crippen LogP contribution in [0.2, 0.25) is 0 Å². The smallest absolute Gasteiger partial charge is 0.433 e. The largest absolute Gasteiger partial charge is 0.497 e. The predicted molar refractivity (Wildman–Crippen MR) is 73.6 cm³/mol. The maximum Gasteiger partial charge on any atom is 0.433 e. The molecule has 2 rings (SSSR count). The predicted octanol–water partition coefficient (Wildman–Crippen LogP) is 3.05. The van der Waals surface area contributed by atoms with E-state index in [2.05, 4.69) is 5.32 Å². The number of rotatable bonds is 6. The van der Waals surface area contributed by atoms with Gasteiger partial charge in [0.1, 0.15) is 16.4 Å². The summed E-state index contributed by atoms with van der Waals surface area (Å²) in [5, 5.41) is 13.8.